The van der Waals surface area contributed by atoms with Gasteiger partial charge in [0.2, 0.25) is 0 Å². The third-order valence-electron chi connectivity index (χ3n) is 7.66. The van der Waals surface area contributed by atoms with E-state index in [9.17, 15) is 9.90 Å². The molecule has 2 heteroatoms. The molecule has 0 aromatic carbocycles. The van der Waals surface area contributed by atoms with E-state index in [-0.39, 0.29) is 5.92 Å². The highest BCUT2D eigenvalue weighted by Gasteiger charge is 2.16. The Hall–Kier alpha value is -0.530. The molecule has 0 aromatic rings. The first-order valence-electron chi connectivity index (χ1n) is 15.9. The number of carbonyl (C=O) groups is 1. The summed E-state index contributed by atoms with van der Waals surface area (Å²) in [6.45, 7) is 4.56. The topological polar surface area (TPSA) is 37.3 Å². The predicted molar refractivity (Wildman–Crippen MR) is 152 cm³/mol. The van der Waals surface area contributed by atoms with Gasteiger partial charge in [-0.05, 0) is 12.8 Å². The number of hydrogen-bond donors (Lipinski definition) is 1. The lowest BCUT2D eigenvalue weighted by Gasteiger charge is -2.12. The van der Waals surface area contributed by atoms with Crippen LogP contribution >= 0.6 is 0 Å². The van der Waals surface area contributed by atoms with Gasteiger partial charge in [-0.1, -0.05) is 181 Å². The molecule has 0 aromatic heterocycles. The summed E-state index contributed by atoms with van der Waals surface area (Å²) < 4.78 is 0. The monoisotopic (exact) mass is 480 g/mol. The SMILES string of the molecule is CCCCCCCCCCCCCCCCC(CCCCCCCCCCCCCC)C(=O)O. The summed E-state index contributed by atoms with van der Waals surface area (Å²) in [4.78, 5) is 11.6. The minimum Gasteiger partial charge on any atom is -0.481 e. The second-order valence-electron chi connectivity index (χ2n) is 11.1. The molecule has 0 saturated carbocycles. The van der Waals surface area contributed by atoms with Gasteiger partial charge in [-0.2, -0.15) is 0 Å². The van der Waals surface area contributed by atoms with Crippen molar-refractivity contribution >= 4 is 5.97 Å². The standard InChI is InChI=1S/C32H64O2/c1-3-5-7-9-11-13-15-17-18-20-22-24-26-28-30-31(32(33)34)29-27-25-23-21-19-16-14-12-10-8-6-4-2/h31H,3-30H2,1-2H3,(H,33,34). The molecule has 1 N–H and O–H groups in total. The van der Waals surface area contributed by atoms with Crippen LogP contribution in [0.5, 0.6) is 0 Å². The van der Waals surface area contributed by atoms with Crippen LogP contribution < -0.4 is 0 Å². The van der Waals surface area contributed by atoms with Crippen LogP contribution in [-0.4, -0.2) is 11.1 Å². The van der Waals surface area contributed by atoms with Gasteiger partial charge in [0.1, 0.15) is 0 Å². The first-order valence-corrected chi connectivity index (χ1v) is 15.9. The summed E-state index contributed by atoms with van der Waals surface area (Å²) in [5.74, 6) is -0.654. The molecule has 1 atom stereocenters. The van der Waals surface area contributed by atoms with Crippen molar-refractivity contribution in [3.05, 3.63) is 0 Å². The van der Waals surface area contributed by atoms with Gasteiger partial charge in [-0.25, -0.2) is 0 Å². The van der Waals surface area contributed by atoms with Crippen LogP contribution in [0.2, 0.25) is 0 Å². The van der Waals surface area contributed by atoms with Crippen molar-refractivity contribution in [1.29, 1.82) is 0 Å². The predicted octanol–water partition coefficient (Wildman–Crippen LogP) is 11.6. The number of carboxylic acid groups (broad SMARTS) is 1. The molecule has 0 aliphatic rings. The molecule has 0 saturated heterocycles. The van der Waals surface area contributed by atoms with Crippen molar-refractivity contribution in [2.24, 2.45) is 5.92 Å². The first kappa shape index (κ1) is 33.5. The fraction of sp³-hybridized carbons (Fsp3) is 0.969. The van der Waals surface area contributed by atoms with Gasteiger partial charge in [0, 0.05) is 0 Å². The summed E-state index contributed by atoms with van der Waals surface area (Å²) in [6, 6.07) is 0. The van der Waals surface area contributed by atoms with Gasteiger partial charge in [0.05, 0.1) is 5.92 Å². The Balaban J connectivity index is 3.40. The summed E-state index contributed by atoms with van der Waals surface area (Å²) in [5.41, 5.74) is 0. The molecule has 0 heterocycles. The van der Waals surface area contributed by atoms with Gasteiger partial charge in [-0.3, -0.25) is 4.79 Å². The minimum absolute atomic E-state index is 0.0968. The maximum absolute atomic E-state index is 11.6. The highest BCUT2D eigenvalue weighted by Crippen LogP contribution is 2.20. The van der Waals surface area contributed by atoms with Crippen LogP contribution in [-0.2, 0) is 4.79 Å². The molecule has 0 aliphatic heterocycles. The molecular weight excluding hydrogens is 416 g/mol. The van der Waals surface area contributed by atoms with E-state index in [0.29, 0.717) is 0 Å². The van der Waals surface area contributed by atoms with Gasteiger partial charge >= 0.3 is 5.97 Å². The van der Waals surface area contributed by atoms with Crippen LogP contribution in [0.1, 0.15) is 194 Å². The fourth-order valence-corrected chi connectivity index (χ4v) is 5.21. The molecule has 34 heavy (non-hydrogen) atoms. The number of carboxylic acids is 1. The number of hydrogen-bond acceptors (Lipinski definition) is 1. The molecule has 204 valence electrons. The Bertz CT molecular complexity index is 392. The highest BCUT2D eigenvalue weighted by atomic mass is 16.4. The zero-order valence-electron chi connectivity index (χ0n) is 23.7. The summed E-state index contributed by atoms with van der Waals surface area (Å²) >= 11 is 0. The van der Waals surface area contributed by atoms with Crippen molar-refractivity contribution in [3.63, 3.8) is 0 Å². The van der Waals surface area contributed by atoms with Crippen LogP contribution in [0.15, 0.2) is 0 Å². The van der Waals surface area contributed by atoms with Crippen molar-refractivity contribution in [2.45, 2.75) is 194 Å². The Morgan fingerprint density at radius 3 is 0.824 bits per heavy atom. The van der Waals surface area contributed by atoms with E-state index >= 15 is 0 Å². The van der Waals surface area contributed by atoms with E-state index < -0.39 is 5.97 Å². The van der Waals surface area contributed by atoms with Crippen molar-refractivity contribution in [2.75, 3.05) is 0 Å². The van der Waals surface area contributed by atoms with Crippen LogP contribution in [0.3, 0.4) is 0 Å². The molecule has 1 unspecified atom stereocenters. The highest BCUT2D eigenvalue weighted by molar-refractivity contribution is 5.69. The lowest BCUT2D eigenvalue weighted by atomic mass is 9.94. The van der Waals surface area contributed by atoms with Crippen molar-refractivity contribution in [3.8, 4) is 0 Å². The van der Waals surface area contributed by atoms with Gasteiger partial charge < -0.3 is 5.11 Å². The normalized spacial score (nSPS) is 12.3. The third-order valence-corrected chi connectivity index (χ3v) is 7.66. The first-order chi connectivity index (χ1) is 16.7. The van der Waals surface area contributed by atoms with Gasteiger partial charge in [0.25, 0.3) is 0 Å². The molecule has 0 amide bonds. The quantitative estimate of drug-likeness (QED) is 0.108. The Kier molecular flexibility index (Phi) is 28.3. The lowest BCUT2D eigenvalue weighted by molar-refractivity contribution is -0.142. The summed E-state index contributed by atoms with van der Waals surface area (Å²) in [7, 11) is 0. The molecule has 0 bridgehead atoms. The van der Waals surface area contributed by atoms with E-state index in [4.69, 9.17) is 0 Å². The van der Waals surface area contributed by atoms with E-state index in [2.05, 4.69) is 13.8 Å². The molecular formula is C32H64O2. The summed E-state index contributed by atoms with van der Waals surface area (Å²) in [6.07, 6.45) is 36.9. The number of aliphatic carboxylic acids is 1. The third kappa shape index (κ3) is 26.1. The van der Waals surface area contributed by atoms with Crippen LogP contribution in [0.4, 0.5) is 0 Å². The Morgan fingerprint density at radius 1 is 0.412 bits per heavy atom. The second kappa shape index (κ2) is 28.7. The fourth-order valence-electron chi connectivity index (χ4n) is 5.21. The van der Waals surface area contributed by atoms with Crippen molar-refractivity contribution in [1.82, 2.24) is 0 Å². The average Bonchev–Trinajstić information content (AvgIpc) is 2.83. The zero-order valence-corrected chi connectivity index (χ0v) is 23.7. The van der Waals surface area contributed by atoms with Crippen molar-refractivity contribution < 1.29 is 9.90 Å². The van der Waals surface area contributed by atoms with E-state index in [1.807, 2.05) is 0 Å². The maximum Gasteiger partial charge on any atom is 0.306 e. The van der Waals surface area contributed by atoms with E-state index in [0.717, 1.165) is 25.7 Å². The minimum atomic E-state index is -0.558. The van der Waals surface area contributed by atoms with Gasteiger partial charge in [0.15, 0.2) is 0 Å². The molecule has 0 spiro atoms. The smallest absolute Gasteiger partial charge is 0.306 e. The van der Waals surface area contributed by atoms with Crippen LogP contribution in [0, 0.1) is 5.92 Å². The zero-order chi connectivity index (χ0) is 25.0. The molecule has 0 fully saturated rings. The summed E-state index contributed by atoms with van der Waals surface area (Å²) in [5, 5.41) is 9.55. The number of rotatable bonds is 29. The molecule has 2 nitrogen and oxygen atoms in total. The Morgan fingerprint density at radius 2 is 0.618 bits per heavy atom. The second-order valence-corrected chi connectivity index (χ2v) is 11.1. The molecule has 0 aliphatic carbocycles. The van der Waals surface area contributed by atoms with Crippen LogP contribution in [0.25, 0.3) is 0 Å². The molecule has 0 rings (SSSR count). The number of unbranched alkanes of at least 4 members (excludes halogenated alkanes) is 24. The largest absolute Gasteiger partial charge is 0.481 e. The maximum atomic E-state index is 11.6. The van der Waals surface area contributed by atoms with E-state index in [1.165, 1.54) is 154 Å². The molecule has 0 radical (unpaired) electrons. The lowest BCUT2D eigenvalue weighted by Crippen LogP contribution is -2.13. The average molecular weight is 481 g/mol. The van der Waals surface area contributed by atoms with E-state index in [1.54, 1.807) is 0 Å². The Labute approximate surface area is 215 Å². The van der Waals surface area contributed by atoms with Gasteiger partial charge in [-0.15, -0.1) is 0 Å².